The summed E-state index contributed by atoms with van der Waals surface area (Å²) < 4.78 is 1.12. The van der Waals surface area contributed by atoms with E-state index in [2.05, 4.69) is 62.5 Å². The molecule has 0 radical (unpaired) electrons. The number of anilines is 1. The molecule has 1 fully saturated rings. The number of hydrogen-bond donors (Lipinski definition) is 1. The van der Waals surface area contributed by atoms with Gasteiger partial charge in [0.05, 0.1) is 0 Å². The van der Waals surface area contributed by atoms with E-state index in [0.717, 1.165) is 29.1 Å². The Morgan fingerprint density at radius 2 is 1.82 bits per heavy atom. The van der Waals surface area contributed by atoms with E-state index in [1.54, 1.807) is 0 Å². The average Bonchev–Trinajstić information content (AvgIpc) is 2.52. The molecule has 1 N–H and O–H groups in total. The SMILES string of the molecule is Clc1cccc(CN2CCC(Nc3ccc(Br)cc3)CC2)c1. The van der Waals surface area contributed by atoms with E-state index in [0.29, 0.717) is 6.04 Å². The molecule has 1 heterocycles. The first-order valence-corrected chi connectivity index (χ1v) is 8.85. The van der Waals surface area contributed by atoms with Crippen LogP contribution in [0.4, 0.5) is 5.69 Å². The molecule has 0 unspecified atom stereocenters. The Balaban J connectivity index is 1.49. The van der Waals surface area contributed by atoms with Crippen molar-refractivity contribution in [3.63, 3.8) is 0 Å². The maximum absolute atomic E-state index is 6.06. The molecule has 2 aromatic rings. The molecule has 0 aliphatic carbocycles. The highest BCUT2D eigenvalue weighted by molar-refractivity contribution is 9.10. The van der Waals surface area contributed by atoms with Gasteiger partial charge in [-0.05, 0) is 54.8 Å². The van der Waals surface area contributed by atoms with Crippen LogP contribution in [0.5, 0.6) is 0 Å². The lowest BCUT2D eigenvalue weighted by atomic mass is 10.0. The van der Waals surface area contributed by atoms with Crippen LogP contribution in [0, 0.1) is 0 Å². The summed E-state index contributed by atoms with van der Waals surface area (Å²) in [6, 6.07) is 17.2. The van der Waals surface area contributed by atoms with Crippen LogP contribution < -0.4 is 5.32 Å². The lowest BCUT2D eigenvalue weighted by Crippen LogP contribution is -2.38. The number of halogens is 2. The van der Waals surface area contributed by atoms with Crippen molar-refractivity contribution < 1.29 is 0 Å². The van der Waals surface area contributed by atoms with Crippen molar-refractivity contribution in [2.75, 3.05) is 18.4 Å². The molecular formula is C18H20BrClN2. The van der Waals surface area contributed by atoms with Crippen molar-refractivity contribution in [2.24, 2.45) is 0 Å². The summed E-state index contributed by atoms with van der Waals surface area (Å²) in [5, 5.41) is 4.46. The lowest BCUT2D eigenvalue weighted by Gasteiger charge is -2.33. The first-order valence-electron chi connectivity index (χ1n) is 7.68. The molecule has 0 bridgehead atoms. The van der Waals surface area contributed by atoms with Crippen LogP contribution in [-0.2, 0) is 6.54 Å². The van der Waals surface area contributed by atoms with Gasteiger partial charge in [-0.3, -0.25) is 4.90 Å². The second kappa shape index (κ2) is 7.49. The standard InChI is InChI=1S/C18H20BrClN2/c19-15-4-6-17(7-5-15)21-18-8-10-22(11-9-18)13-14-2-1-3-16(20)12-14/h1-7,12,18,21H,8-11,13H2. The average molecular weight is 380 g/mol. The summed E-state index contributed by atoms with van der Waals surface area (Å²) in [4.78, 5) is 2.51. The molecule has 2 aromatic carbocycles. The molecule has 0 saturated carbocycles. The number of nitrogens with zero attached hydrogens (tertiary/aromatic N) is 1. The Morgan fingerprint density at radius 3 is 2.50 bits per heavy atom. The highest BCUT2D eigenvalue weighted by Gasteiger charge is 2.19. The van der Waals surface area contributed by atoms with Crippen LogP contribution in [0.2, 0.25) is 5.02 Å². The number of rotatable bonds is 4. The van der Waals surface area contributed by atoms with Gasteiger partial charge in [-0.2, -0.15) is 0 Å². The monoisotopic (exact) mass is 378 g/mol. The summed E-state index contributed by atoms with van der Waals surface area (Å²) in [7, 11) is 0. The topological polar surface area (TPSA) is 15.3 Å². The van der Waals surface area contributed by atoms with Crippen LogP contribution in [0.1, 0.15) is 18.4 Å². The molecule has 1 aliphatic heterocycles. The molecule has 1 aliphatic rings. The molecular weight excluding hydrogens is 360 g/mol. The fourth-order valence-corrected chi connectivity index (χ4v) is 3.39. The fourth-order valence-electron chi connectivity index (χ4n) is 2.91. The number of benzene rings is 2. The second-order valence-electron chi connectivity index (χ2n) is 5.83. The molecule has 4 heteroatoms. The zero-order valence-electron chi connectivity index (χ0n) is 12.4. The van der Waals surface area contributed by atoms with E-state index in [1.165, 1.54) is 24.1 Å². The molecule has 3 rings (SSSR count). The van der Waals surface area contributed by atoms with Gasteiger partial charge in [0.25, 0.3) is 0 Å². The van der Waals surface area contributed by atoms with E-state index in [9.17, 15) is 0 Å². The predicted octanol–water partition coefficient (Wildman–Crippen LogP) is 5.18. The smallest absolute Gasteiger partial charge is 0.0409 e. The number of hydrogen-bond acceptors (Lipinski definition) is 2. The fraction of sp³-hybridized carbons (Fsp3) is 0.333. The van der Waals surface area contributed by atoms with Gasteiger partial charge >= 0.3 is 0 Å². The maximum Gasteiger partial charge on any atom is 0.0409 e. The van der Waals surface area contributed by atoms with Crippen molar-refractivity contribution in [1.82, 2.24) is 4.90 Å². The lowest BCUT2D eigenvalue weighted by molar-refractivity contribution is 0.211. The van der Waals surface area contributed by atoms with Crippen molar-refractivity contribution >= 4 is 33.2 Å². The minimum Gasteiger partial charge on any atom is -0.382 e. The highest BCUT2D eigenvalue weighted by Crippen LogP contribution is 2.20. The van der Waals surface area contributed by atoms with Gasteiger partial charge < -0.3 is 5.32 Å². The van der Waals surface area contributed by atoms with Gasteiger partial charge in [-0.25, -0.2) is 0 Å². The van der Waals surface area contributed by atoms with Crippen LogP contribution in [0.25, 0.3) is 0 Å². The van der Waals surface area contributed by atoms with Crippen molar-refractivity contribution in [3.05, 3.63) is 63.6 Å². The summed E-state index contributed by atoms with van der Waals surface area (Å²) in [6.07, 6.45) is 2.35. The summed E-state index contributed by atoms with van der Waals surface area (Å²) >= 11 is 9.53. The van der Waals surface area contributed by atoms with Crippen molar-refractivity contribution in [3.8, 4) is 0 Å². The largest absolute Gasteiger partial charge is 0.382 e. The van der Waals surface area contributed by atoms with Gasteiger partial charge in [0.15, 0.2) is 0 Å². The van der Waals surface area contributed by atoms with E-state index in [1.807, 2.05) is 12.1 Å². The van der Waals surface area contributed by atoms with Gasteiger partial charge in [0.1, 0.15) is 0 Å². The molecule has 0 aromatic heterocycles. The summed E-state index contributed by atoms with van der Waals surface area (Å²) in [6.45, 7) is 3.24. The molecule has 116 valence electrons. The van der Waals surface area contributed by atoms with Gasteiger partial charge in [-0.15, -0.1) is 0 Å². The maximum atomic E-state index is 6.06. The normalized spacial score (nSPS) is 16.6. The molecule has 2 nitrogen and oxygen atoms in total. The molecule has 22 heavy (non-hydrogen) atoms. The highest BCUT2D eigenvalue weighted by atomic mass is 79.9. The van der Waals surface area contributed by atoms with Crippen LogP contribution in [0.15, 0.2) is 53.0 Å². The minimum atomic E-state index is 0.566. The number of nitrogens with one attached hydrogen (secondary N) is 1. The molecule has 0 atom stereocenters. The zero-order chi connectivity index (χ0) is 15.4. The third kappa shape index (κ3) is 4.48. The first kappa shape index (κ1) is 15.9. The van der Waals surface area contributed by atoms with E-state index in [-0.39, 0.29) is 0 Å². The van der Waals surface area contributed by atoms with E-state index in [4.69, 9.17) is 11.6 Å². The Hall–Kier alpha value is -1.03. The Morgan fingerprint density at radius 1 is 1.09 bits per heavy atom. The molecule has 1 saturated heterocycles. The van der Waals surface area contributed by atoms with Crippen molar-refractivity contribution in [2.45, 2.75) is 25.4 Å². The van der Waals surface area contributed by atoms with E-state index >= 15 is 0 Å². The van der Waals surface area contributed by atoms with Gasteiger partial charge in [0.2, 0.25) is 0 Å². The van der Waals surface area contributed by atoms with Gasteiger partial charge in [0, 0.05) is 40.9 Å². The summed E-state index contributed by atoms with van der Waals surface area (Å²) in [5.74, 6) is 0. The Kier molecular flexibility index (Phi) is 5.40. The number of likely N-dealkylation sites (tertiary alicyclic amines) is 1. The first-order chi connectivity index (χ1) is 10.7. The third-order valence-electron chi connectivity index (χ3n) is 4.10. The Labute approximate surface area is 145 Å². The predicted molar refractivity (Wildman–Crippen MR) is 97.5 cm³/mol. The third-order valence-corrected chi connectivity index (χ3v) is 4.86. The Bertz CT molecular complexity index is 607. The zero-order valence-corrected chi connectivity index (χ0v) is 14.8. The molecule has 0 spiro atoms. The van der Waals surface area contributed by atoms with Gasteiger partial charge in [-0.1, -0.05) is 39.7 Å². The minimum absolute atomic E-state index is 0.566. The van der Waals surface area contributed by atoms with Crippen LogP contribution in [-0.4, -0.2) is 24.0 Å². The molecule has 0 amide bonds. The van der Waals surface area contributed by atoms with Crippen molar-refractivity contribution in [1.29, 1.82) is 0 Å². The summed E-state index contributed by atoms with van der Waals surface area (Å²) in [5.41, 5.74) is 2.50. The second-order valence-corrected chi connectivity index (χ2v) is 7.18. The van der Waals surface area contributed by atoms with Crippen LogP contribution >= 0.6 is 27.5 Å². The van der Waals surface area contributed by atoms with E-state index < -0.39 is 0 Å². The number of piperidine rings is 1. The quantitative estimate of drug-likeness (QED) is 0.787. The van der Waals surface area contributed by atoms with Crippen LogP contribution in [0.3, 0.4) is 0 Å².